The van der Waals surface area contributed by atoms with Crippen molar-refractivity contribution in [1.82, 2.24) is 0 Å². The molecular weight excluding hydrogens is 282 g/mol. The quantitative estimate of drug-likeness (QED) is 0.598. The van der Waals surface area contributed by atoms with Gasteiger partial charge in [0.25, 0.3) is 0 Å². The van der Waals surface area contributed by atoms with Crippen LogP contribution in [0.2, 0.25) is 0 Å². The summed E-state index contributed by atoms with van der Waals surface area (Å²) in [6, 6.07) is 0. The summed E-state index contributed by atoms with van der Waals surface area (Å²) in [6.45, 7) is 4.31. The van der Waals surface area contributed by atoms with Gasteiger partial charge in [0.1, 0.15) is 0 Å². The first kappa shape index (κ1) is 16.4. The Morgan fingerprint density at radius 2 is 1.50 bits per heavy atom. The largest absolute Gasteiger partial charge is 0.361 e. The summed E-state index contributed by atoms with van der Waals surface area (Å²) in [5, 5.41) is 0. The molecule has 1 nitrogen and oxygen atoms in total. The van der Waals surface area contributed by atoms with Crippen molar-refractivity contribution < 1.29 is 13.5 Å². The van der Waals surface area contributed by atoms with Crippen molar-refractivity contribution in [3.05, 3.63) is 12.2 Å². The minimum atomic E-state index is -2.87. The molecule has 3 fully saturated rings. The van der Waals surface area contributed by atoms with Crippen LogP contribution in [-0.2, 0) is 4.74 Å². The van der Waals surface area contributed by atoms with Gasteiger partial charge < -0.3 is 4.74 Å². The van der Waals surface area contributed by atoms with Gasteiger partial charge in [-0.05, 0) is 69.1 Å². The minimum absolute atomic E-state index is 0.162. The number of allylic oxidation sites excluding steroid dienone is 2. The highest BCUT2D eigenvalue weighted by atomic mass is 19.3. The molecule has 2 atom stereocenters. The van der Waals surface area contributed by atoms with E-state index >= 15 is 0 Å². The van der Waals surface area contributed by atoms with Crippen LogP contribution in [0.1, 0.15) is 65.2 Å². The normalized spacial score (nSPS) is 45.6. The molecule has 0 bridgehead atoms. The SMILES string of the molecule is C/C=C/C1CCC([C@H]2[C@H](C3CCC(C)CC3)OC2(F)F)CC1. The van der Waals surface area contributed by atoms with Crippen LogP contribution in [-0.4, -0.2) is 12.2 Å². The third kappa shape index (κ3) is 3.25. The van der Waals surface area contributed by atoms with Crippen LogP contribution in [0.15, 0.2) is 12.2 Å². The van der Waals surface area contributed by atoms with Crippen molar-refractivity contribution in [3.8, 4) is 0 Å². The summed E-state index contributed by atoms with van der Waals surface area (Å²) in [6.07, 6.45) is 9.82. The zero-order valence-corrected chi connectivity index (χ0v) is 13.9. The Labute approximate surface area is 133 Å². The summed E-state index contributed by atoms with van der Waals surface area (Å²) in [4.78, 5) is 0. The van der Waals surface area contributed by atoms with E-state index in [-0.39, 0.29) is 12.0 Å². The van der Waals surface area contributed by atoms with E-state index in [9.17, 15) is 8.78 Å². The first-order chi connectivity index (χ1) is 10.5. The summed E-state index contributed by atoms with van der Waals surface area (Å²) < 4.78 is 33.2. The van der Waals surface area contributed by atoms with Gasteiger partial charge in [0, 0.05) is 0 Å². The van der Waals surface area contributed by atoms with Gasteiger partial charge in [-0.2, -0.15) is 8.78 Å². The van der Waals surface area contributed by atoms with E-state index in [1.54, 1.807) is 0 Å². The van der Waals surface area contributed by atoms with Gasteiger partial charge in [0.2, 0.25) is 0 Å². The Morgan fingerprint density at radius 1 is 0.909 bits per heavy atom. The maximum absolute atomic E-state index is 14.1. The Balaban J connectivity index is 1.60. The zero-order chi connectivity index (χ0) is 15.7. The average Bonchev–Trinajstić information content (AvgIpc) is 2.48. The maximum atomic E-state index is 14.1. The van der Waals surface area contributed by atoms with Gasteiger partial charge in [-0.15, -0.1) is 0 Å². The molecule has 2 saturated carbocycles. The fraction of sp³-hybridized carbons (Fsp3) is 0.895. The van der Waals surface area contributed by atoms with E-state index in [1.807, 2.05) is 6.92 Å². The fourth-order valence-corrected chi connectivity index (χ4v) is 4.97. The smallest absolute Gasteiger partial charge is 0.316 e. The molecule has 0 amide bonds. The molecule has 126 valence electrons. The van der Waals surface area contributed by atoms with E-state index in [0.29, 0.717) is 11.8 Å². The molecule has 0 aromatic carbocycles. The monoisotopic (exact) mass is 312 g/mol. The van der Waals surface area contributed by atoms with E-state index in [2.05, 4.69) is 19.1 Å². The van der Waals surface area contributed by atoms with Crippen LogP contribution in [0.3, 0.4) is 0 Å². The van der Waals surface area contributed by atoms with Crippen molar-refractivity contribution >= 4 is 0 Å². The summed E-state index contributed by atoms with van der Waals surface area (Å²) in [5.41, 5.74) is 0. The lowest BCUT2D eigenvalue weighted by Crippen LogP contribution is -2.61. The fourth-order valence-electron chi connectivity index (χ4n) is 4.97. The number of rotatable bonds is 3. The van der Waals surface area contributed by atoms with Gasteiger partial charge in [0.15, 0.2) is 0 Å². The van der Waals surface area contributed by atoms with Gasteiger partial charge in [-0.3, -0.25) is 0 Å². The van der Waals surface area contributed by atoms with Crippen LogP contribution in [0.4, 0.5) is 8.78 Å². The number of ether oxygens (including phenoxy) is 1. The van der Waals surface area contributed by atoms with Gasteiger partial charge in [-0.1, -0.05) is 31.9 Å². The molecular formula is C19H30F2O. The average molecular weight is 312 g/mol. The molecule has 3 heteroatoms. The Morgan fingerprint density at radius 3 is 2.05 bits per heavy atom. The lowest BCUT2D eigenvalue weighted by Gasteiger charge is -2.52. The van der Waals surface area contributed by atoms with Crippen LogP contribution in [0.25, 0.3) is 0 Å². The number of hydrogen-bond donors (Lipinski definition) is 0. The standard InChI is InChI=1S/C19H30F2O/c1-3-4-14-7-11-15(12-8-14)17-18(22-19(17,20)21)16-9-5-13(2)6-10-16/h3-4,13-18H,5-12H2,1-2H3/b4-3+/t13?,14?,15?,16?,17-,18-/m0/s1. The molecule has 0 spiro atoms. The maximum Gasteiger partial charge on any atom is 0.361 e. The molecule has 22 heavy (non-hydrogen) atoms. The van der Waals surface area contributed by atoms with E-state index < -0.39 is 12.0 Å². The van der Waals surface area contributed by atoms with Gasteiger partial charge >= 0.3 is 6.11 Å². The Bertz CT molecular complexity index is 390. The molecule has 1 saturated heterocycles. The molecule has 3 rings (SSSR count). The predicted molar refractivity (Wildman–Crippen MR) is 84.7 cm³/mol. The number of hydrogen-bond acceptors (Lipinski definition) is 1. The third-order valence-corrected chi connectivity index (χ3v) is 6.35. The highest BCUT2D eigenvalue weighted by Gasteiger charge is 2.62. The molecule has 0 aromatic heterocycles. The summed E-state index contributed by atoms with van der Waals surface area (Å²) in [5.74, 6) is 1.37. The molecule has 0 unspecified atom stereocenters. The molecule has 0 aromatic rings. The van der Waals surface area contributed by atoms with Crippen molar-refractivity contribution in [2.24, 2.45) is 29.6 Å². The second-order valence-electron chi connectivity index (χ2n) is 7.89. The second-order valence-corrected chi connectivity index (χ2v) is 7.89. The lowest BCUT2D eigenvalue weighted by molar-refractivity contribution is -0.418. The molecule has 1 aliphatic heterocycles. The molecule has 0 radical (unpaired) electrons. The molecule has 3 aliphatic rings. The predicted octanol–water partition coefficient (Wildman–Crippen LogP) is 5.80. The first-order valence-electron chi connectivity index (χ1n) is 9.19. The topological polar surface area (TPSA) is 9.23 Å². The van der Waals surface area contributed by atoms with Crippen LogP contribution < -0.4 is 0 Å². The van der Waals surface area contributed by atoms with Crippen molar-refractivity contribution in [3.63, 3.8) is 0 Å². The van der Waals surface area contributed by atoms with Gasteiger partial charge in [0.05, 0.1) is 12.0 Å². The van der Waals surface area contributed by atoms with E-state index in [1.165, 1.54) is 12.8 Å². The second kappa shape index (κ2) is 6.59. The van der Waals surface area contributed by atoms with Gasteiger partial charge in [-0.25, -0.2) is 0 Å². The lowest BCUT2D eigenvalue weighted by atomic mass is 9.66. The van der Waals surface area contributed by atoms with E-state index in [0.717, 1.165) is 44.4 Å². The van der Waals surface area contributed by atoms with Crippen molar-refractivity contribution in [1.29, 1.82) is 0 Å². The first-order valence-corrected chi connectivity index (χ1v) is 9.19. The van der Waals surface area contributed by atoms with Crippen molar-refractivity contribution in [2.75, 3.05) is 0 Å². The van der Waals surface area contributed by atoms with Crippen LogP contribution >= 0.6 is 0 Å². The van der Waals surface area contributed by atoms with Crippen LogP contribution in [0, 0.1) is 29.6 Å². The number of halogens is 2. The summed E-state index contributed by atoms with van der Waals surface area (Å²) in [7, 11) is 0. The summed E-state index contributed by atoms with van der Waals surface area (Å²) >= 11 is 0. The highest BCUT2D eigenvalue weighted by Crippen LogP contribution is 2.54. The van der Waals surface area contributed by atoms with Crippen LogP contribution in [0.5, 0.6) is 0 Å². The number of alkyl halides is 2. The molecule has 0 N–H and O–H groups in total. The zero-order valence-electron chi connectivity index (χ0n) is 13.9. The molecule has 2 aliphatic carbocycles. The minimum Gasteiger partial charge on any atom is -0.316 e. The van der Waals surface area contributed by atoms with Crippen molar-refractivity contribution in [2.45, 2.75) is 77.4 Å². The Hall–Kier alpha value is -0.440. The van der Waals surface area contributed by atoms with E-state index in [4.69, 9.17) is 4.74 Å². The third-order valence-electron chi connectivity index (χ3n) is 6.35. The highest BCUT2D eigenvalue weighted by molar-refractivity contribution is 4.99. The molecule has 1 heterocycles. The Kier molecular flexibility index (Phi) is 4.92.